The molecule has 3 aromatic rings. The van der Waals surface area contributed by atoms with Crippen LogP contribution in [0.25, 0.3) is 6.08 Å². The highest BCUT2D eigenvalue weighted by molar-refractivity contribution is 8.18. The zero-order valence-electron chi connectivity index (χ0n) is 18.9. The van der Waals surface area contributed by atoms with Crippen LogP contribution in [-0.2, 0) is 17.9 Å². The second-order valence-electron chi connectivity index (χ2n) is 7.59. The monoisotopic (exact) mass is 488 g/mol. The summed E-state index contributed by atoms with van der Waals surface area (Å²) in [4.78, 5) is 26.9. The van der Waals surface area contributed by atoms with E-state index in [0.717, 1.165) is 22.2 Å². The quantitative estimate of drug-likeness (QED) is 0.367. The molecule has 6 nitrogen and oxygen atoms in total. The molecule has 1 aliphatic rings. The summed E-state index contributed by atoms with van der Waals surface area (Å²) in [5, 5.41) is 8.89. The first-order valence-corrected chi connectivity index (χ1v) is 11.7. The van der Waals surface area contributed by atoms with Crippen LogP contribution in [0.3, 0.4) is 0 Å². The van der Waals surface area contributed by atoms with Crippen molar-refractivity contribution in [1.82, 2.24) is 4.90 Å². The molecule has 8 heteroatoms. The maximum Gasteiger partial charge on any atom is 0.293 e. The van der Waals surface area contributed by atoms with Gasteiger partial charge in [-0.15, -0.1) is 0 Å². The molecular weight excluding hydrogens is 467 g/mol. The van der Waals surface area contributed by atoms with E-state index >= 15 is 0 Å². The Morgan fingerprint density at radius 1 is 1.03 bits per heavy atom. The number of benzene rings is 3. The van der Waals surface area contributed by atoms with Gasteiger partial charge in [0.05, 0.1) is 29.7 Å². The Hall–Kier alpha value is -4.09. The zero-order chi connectivity index (χ0) is 24.8. The first kappa shape index (κ1) is 24.0. The van der Waals surface area contributed by atoms with Crippen LogP contribution in [0.15, 0.2) is 71.6 Å². The van der Waals surface area contributed by atoms with Gasteiger partial charge in [0.15, 0.2) is 11.5 Å². The molecule has 4 rings (SSSR count). The number of nitrogens with zero attached hydrogens (tertiary/aromatic N) is 2. The lowest BCUT2D eigenvalue weighted by Gasteiger charge is -2.13. The summed E-state index contributed by atoms with van der Waals surface area (Å²) in [6, 6.07) is 20.2. The van der Waals surface area contributed by atoms with Crippen LogP contribution in [0, 0.1) is 17.1 Å². The Bertz CT molecular complexity index is 1330. The van der Waals surface area contributed by atoms with Crippen molar-refractivity contribution in [3.05, 3.63) is 99.7 Å². The largest absolute Gasteiger partial charge is 0.490 e. The molecular formula is C27H21FN2O4S. The number of carbonyl (C=O) groups is 2. The molecule has 1 saturated heterocycles. The normalized spacial score (nSPS) is 14.3. The Labute approximate surface area is 206 Å². The molecule has 0 spiro atoms. The highest BCUT2D eigenvalue weighted by Crippen LogP contribution is 2.36. The second-order valence-corrected chi connectivity index (χ2v) is 8.58. The summed E-state index contributed by atoms with van der Waals surface area (Å²) < 4.78 is 24.7. The number of carbonyl (C=O) groups excluding carboxylic acids is 2. The van der Waals surface area contributed by atoms with Gasteiger partial charge in [0.1, 0.15) is 12.4 Å². The molecule has 0 aromatic heterocycles. The molecule has 0 atom stereocenters. The Morgan fingerprint density at radius 2 is 1.80 bits per heavy atom. The summed E-state index contributed by atoms with van der Waals surface area (Å²) in [7, 11) is 0. The van der Waals surface area contributed by atoms with Gasteiger partial charge in [0.25, 0.3) is 11.1 Å². The number of ether oxygens (including phenoxy) is 2. The van der Waals surface area contributed by atoms with Crippen molar-refractivity contribution in [2.75, 3.05) is 6.61 Å². The molecule has 35 heavy (non-hydrogen) atoms. The predicted molar refractivity (Wildman–Crippen MR) is 131 cm³/mol. The summed E-state index contributed by atoms with van der Waals surface area (Å²) in [6.45, 7) is 2.53. The van der Waals surface area contributed by atoms with Crippen molar-refractivity contribution in [3.8, 4) is 17.6 Å². The number of halogens is 1. The predicted octanol–water partition coefficient (Wildman–Crippen LogP) is 5.91. The van der Waals surface area contributed by atoms with E-state index in [1.54, 1.807) is 60.7 Å². The van der Waals surface area contributed by atoms with Gasteiger partial charge in [0, 0.05) is 0 Å². The third kappa shape index (κ3) is 5.70. The zero-order valence-corrected chi connectivity index (χ0v) is 19.7. The van der Waals surface area contributed by atoms with E-state index in [2.05, 4.69) is 6.07 Å². The van der Waals surface area contributed by atoms with E-state index in [9.17, 15) is 19.2 Å². The van der Waals surface area contributed by atoms with Crippen molar-refractivity contribution in [2.45, 2.75) is 20.1 Å². The van der Waals surface area contributed by atoms with Crippen molar-refractivity contribution in [3.63, 3.8) is 0 Å². The molecule has 176 valence electrons. The van der Waals surface area contributed by atoms with E-state index in [-0.39, 0.29) is 23.9 Å². The van der Waals surface area contributed by atoms with Crippen LogP contribution in [0.2, 0.25) is 0 Å². The standard InChI is InChI=1S/C27H21FN2O4S/c1-2-33-24-13-19(9-12-23(24)34-17-18-7-10-22(28)11-8-18)14-25-26(31)30(27(32)35-25)16-21-6-4-3-5-20(21)15-29/h3-14H,2,16-17H2,1H3/b25-14-. The average molecular weight is 489 g/mol. The van der Waals surface area contributed by atoms with E-state index in [1.807, 2.05) is 6.92 Å². The summed E-state index contributed by atoms with van der Waals surface area (Å²) in [5.41, 5.74) is 2.52. The number of rotatable bonds is 8. The lowest BCUT2D eigenvalue weighted by atomic mass is 10.1. The molecule has 2 amide bonds. The second kappa shape index (κ2) is 10.9. The number of nitriles is 1. The van der Waals surface area contributed by atoms with Gasteiger partial charge >= 0.3 is 0 Å². The Morgan fingerprint density at radius 3 is 2.54 bits per heavy atom. The van der Waals surface area contributed by atoms with Crippen LogP contribution < -0.4 is 9.47 Å². The summed E-state index contributed by atoms with van der Waals surface area (Å²) in [6.07, 6.45) is 1.63. The average Bonchev–Trinajstić information content (AvgIpc) is 3.12. The number of thioether (sulfide) groups is 1. The van der Waals surface area contributed by atoms with Gasteiger partial charge < -0.3 is 9.47 Å². The number of hydrogen-bond acceptors (Lipinski definition) is 6. The fraction of sp³-hybridized carbons (Fsp3) is 0.148. The van der Waals surface area contributed by atoms with Crippen LogP contribution in [0.5, 0.6) is 11.5 Å². The highest BCUT2D eigenvalue weighted by atomic mass is 32.2. The molecule has 0 radical (unpaired) electrons. The Kier molecular flexibility index (Phi) is 7.48. The molecule has 0 N–H and O–H groups in total. The third-order valence-corrected chi connectivity index (χ3v) is 6.12. The fourth-order valence-corrected chi connectivity index (χ4v) is 4.31. The molecule has 0 bridgehead atoms. The summed E-state index contributed by atoms with van der Waals surface area (Å²) in [5.74, 6) is 0.272. The maximum atomic E-state index is 13.1. The van der Waals surface area contributed by atoms with Crippen molar-refractivity contribution in [2.24, 2.45) is 0 Å². The molecule has 3 aromatic carbocycles. The molecule has 0 unspecified atom stereocenters. The van der Waals surface area contributed by atoms with Crippen LogP contribution in [0.4, 0.5) is 9.18 Å². The van der Waals surface area contributed by atoms with E-state index in [1.165, 1.54) is 12.1 Å². The first-order valence-electron chi connectivity index (χ1n) is 10.9. The van der Waals surface area contributed by atoms with Gasteiger partial charge in [-0.05, 0) is 71.8 Å². The van der Waals surface area contributed by atoms with Crippen LogP contribution in [-0.4, -0.2) is 22.7 Å². The smallest absolute Gasteiger partial charge is 0.293 e. The topological polar surface area (TPSA) is 79.6 Å². The van der Waals surface area contributed by atoms with Gasteiger partial charge in [0.2, 0.25) is 0 Å². The molecule has 0 aliphatic carbocycles. The minimum atomic E-state index is -0.415. The first-order chi connectivity index (χ1) is 17.0. The number of hydrogen-bond donors (Lipinski definition) is 0. The van der Waals surface area contributed by atoms with Crippen molar-refractivity contribution in [1.29, 1.82) is 5.26 Å². The molecule has 0 saturated carbocycles. The van der Waals surface area contributed by atoms with Crippen molar-refractivity contribution >= 4 is 29.0 Å². The molecule has 1 heterocycles. The third-order valence-electron chi connectivity index (χ3n) is 5.21. The van der Waals surface area contributed by atoms with E-state index < -0.39 is 11.1 Å². The van der Waals surface area contributed by atoms with Crippen LogP contribution >= 0.6 is 11.8 Å². The Balaban J connectivity index is 1.51. The van der Waals surface area contributed by atoms with Crippen LogP contribution in [0.1, 0.15) is 29.2 Å². The van der Waals surface area contributed by atoms with E-state index in [0.29, 0.717) is 34.8 Å². The van der Waals surface area contributed by atoms with Gasteiger partial charge in [-0.2, -0.15) is 5.26 Å². The minimum absolute atomic E-state index is 0.0338. The highest BCUT2D eigenvalue weighted by Gasteiger charge is 2.35. The lowest BCUT2D eigenvalue weighted by Crippen LogP contribution is -2.27. The van der Waals surface area contributed by atoms with Gasteiger partial charge in [-0.3, -0.25) is 14.5 Å². The maximum absolute atomic E-state index is 13.1. The SMILES string of the molecule is CCOc1cc(/C=C2\SC(=O)N(Cc3ccccc3C#N)C2=O)ccc1OCc1ccc(F)cc1. The molecule has 1 aliphatic heterocycles. The van der Waals surface area contributed by atoms with Crippen molar-refractivity contribution < 1.29 is 23.5 Å². The molecule has 1 fully saturated rings. The number of amides is 2. The van der Waals surface area contributed by atoms with Gasteiger partial charge in [-0.1, -0.05) is 36.4 Å². The lowest BCUT2D eigenvalue weighted by molar-refractivity contribution is -0.123. The number of imide groups is 1. The fourth-order valence-electron chi connectivity index (χ4n) is 3.47. The minimum Gasteiger partial charge on any atom is -0.490 e. The summed E-state index contributed by atoms with van der Waals surface area (Å²) >= 11 is 0.854. The van der Waals surface area contributed by atoms with E-state index in [4.69, 9.17) is 9.47 Å². The van der Waals surface area contributed by atoms with Gasteiger partial charge in [-0.25, -0.2) is 4.39 Å².